The number of aromatic nitrogens is 1. The average molecular weight is 225 g/mol. The van der Waals surface area contributed by atoms with E-state index in [-0.39, 0.29) is 5.82 Å². The molecule has 1 aromatic heterocycles. The molecule has 2 N–H and O–H groups in total. The predicted octanol–water partition coefficient (Wildman–Crippen LogP) is 3.42. The molecule has 2 rings (SSSR count). The number of hydrogen-bond acceptors (Lipinski definition) is 1. The van der Waals surface area contributed by atoms with E-state index in [1.54, 1.807) is 6.07 Å². The van der Waals surface area contributed by atoms with Crippen molar-refractivity contribution >= 4 is 17.3 Å². The Labute approximate surface area is 92.1 Å². The van der Waals surface area contributed by atoms with Crippen LogP contribution in [0.25, 0.3) is 0 Å². The number of nitrogens with one attached hydrogen (secondary N) is 2. The Hall–Kier alpha value is -1.48. The van der Waals surface area contributed by atoms with Crippen molar-refractivity contribution < 1.29 is 4.39 Å². The van der Waals surface area contributed by atoms with Crippen LogP contribution in [0.4, 0.5) is 10.1 Å². The highest BCUT2D eigenvalue weighted by Crippen LogP contribution is 2.22. The van der Waals surface area contributed by atoms with Gasteiger partial charge in [0.2, 0.25) is 0 Å². The molecule has 0 atom stereocenters. The van der Waals surface area contributed by atoms with Crippen molar-refractivity contribution in [2.75, 3.05) is 5.32 Å². The number of hydrogen-bond donors (Lipinski definition) is 2. The number of aromatic amines is 1. The van der Waals surface area contributed by atoms with Crippen LogP contribution in [-0.2, 0) is 6.54 Å². The van der Waals surface area contributed by atoms with E-state index in [1.807, 2.05) is 18.5 Å². The second-order valence-electron chi connectivity index (χ2n) is 3.20. The molecule has 0 aliphatic heterocycles. The summed E-state index contributed by atoms with van der Waals surface area (Å²) in [6.45, 7) is 0.662. The first-order valence-corrected chi connectivity index (χ1v) is 4.94. The lowest BCUT2D eigenvalue weighted by Gasteiger charge is -2.06. The third-order valence-corrected chi connectivity index (χ3v) is 2.39. The smallest absolute Gasteiger partial charge is 0.124 e. The zero-order valence-electron chi connectivity index (χ0n) is 7.93. The molecule has 0 amide bonds. The minimum Gasteiger partial charge on any atom is -0.380 e. The molecule has 2 aromatic rings. The van der Waals surface area contributed by atoms with Gasteiger partial charge in [-0.2, -0.15) is 0 Å². The van der Waals surface area contributed by atoms with Gasteiger partial charge < -0.3 is 10.3 Å². The van der Waals surface area contributed by atoms with Gasteiger partial charge in [0.05, 0.1) is 10.7 Å². The summed E-state index contributed by atoms with van der Waals surface area (Å²) in [7, 11) is 0. The molecule has 15 heavy (non-hydrogen) atoms. The molecule has 0 saturated carbocycles. The van der Waals surface area contributed by atoms with E-state index in [1.165, 1.54) is 12.1 Å². The molecular formula is C11H10ClFN2. The molecule has 0 unspecified atom stereocenters. The van der Waals surface area contributed by atoms with Crippen LogP contribution in [0, 0.1) is 5.82 Å². The highest BCUT2D eigenvalue weighted by Gasteiger charge is 2.01. The van der Waals surface area contributed by atoms with E-state index in [2.05, 4.69) is 10.3 Å². The topological polar surface area (TPSA) is 27.8 Å². The molecule has 0 aliphatic rings. The third kappa shape index (κ3) is 2.50. The first kappa shape index (κ1) is 10.1. The van der Waals surface area contributed by atoms with E-state index < -0.39 is 0 Å². The SMILES string of the molecule is Fc1ccc(NCc2cc[nH]c2)c(Cl)c1. The normalized spacial score (nSPS) is 10.3. The van der Waals surface area contributed by atoms with Crippen molar-refractivity contribution in [1.29, 1.82) is 0 Å². The first-order chi connectivity index (χ1) is 7.25. The maximum absolute atomic E-state index is 12.7. The summed E-state index contributed by atoms with van der Waals surface area (Å²) in [5.74, 6) is -0.327. The van der Waals surface area contributed by atoms with Crippen LogP contribution in [-0.4, -0.2) is 4.98 Å². The van der Waals surface area contributed by atoms with Crippen molar-refractivity contribution in [3.63, 3.8) is 0 Å². The van der Waals surface area contributed by atoms with Crippen molar-refractivity contribution in [2.24, 2.45) is 0 Å². The Morgan fingerprint density at radius 3 is 2.87 bits per heavy atom. The van der Waals surface area contributed by atoms with Crippen LogP contribution >= 0.6 is 11.6 Å². The zero-order valence-corrected chi connectivity index (χ0v) is 8.68. The number of rotatable bonds is 3. The fourth-order valence-electron chi connectivity index (χ4n) is 1.30. The fourth-order valence-corrected chi connectivity index (χ4v) is 1.53. The lowest BCUT2D eigenvalue weighted by molar-refractivity contribution is 0.628. The van der Waals surface area contributed by atoms with Gasteiger partial charge in [-0.3, -0.25) is 0 Å². The fraction of sp³-hybridized carbons (Fsp3) is 0.0909. The lowest BCUT2D eigenvalue weighted by atomic mass is 10.3. The standard InChI is InChI=1S/C11H10ClFN2/c12-10-5-9(13)1-2-11(10)15-7-8-3-4-14-6-8/h1-6,14-15H,7H2. The second kappa shape index (κ2) is 4.36. The van der Waals surface area contributed by atoms with Gasteiger partial charge in [0, 0.05) is 18.9 Å². The first-order valence-electron chi connectivity index (χ1n) is 4.56. The minimum absolute atomic E-state index is 0.327. The maximum Gasteiger partial charge on any atom is 0.124 e. The van der Waals surface area contributed by atoms with Crippen molar-refractivity contribution in [2.45, 2.75) is 6.54 Å². The largest absolute Gasteiger partial charge is 0.380 e. The molecule has 1 aromatic carbocycles. The molecule has 0 spiro atoms. The highest BCUT2D eigenvalue weighted by molar-refractivity contribution is 6.33. The van der Waals surface area contributed by atoms with Gasteiger partial charge in [-0.15, -0.1) is 0 Å². The molecule has 0 aliphatic carbocycles. The highest BCUT2D eigenvalue weighted by atomic mass is 35.5. The van der Waals surface area contributed by atoms with Crippen molar-refractivity contribution in [3.8, 4) is 0 Å². The Bertz CT molecular complexity index is 440. The van der Waals surface area contributed by atoms with Gasteiger partial charge in [0.15, 0.2) is 0 Å². The number of H-pyrrole nitrogens is 1. The Morgan fingerprint density at radius 1 is 1.33 bits per heavy atom. The summed E-state index contributed by atoms with van der Waals surface area (Å²) in [6, 6.07) is 6.26. The zero-order chi connectivity index (χ0) is 10.7. The molecule has 0 fully saturated rings. The van der Waals surface area contributed by atoms with Crippen LogP contribution in [0.2, 0.25) is 5.02 Å². The minimum atomic E-state index is -0.327. The molecule has 1 heterocycles. The lowest BCUT2D eigenvalue weighted by Crippen LogP contribution is -1.98. The summed E-state index contributed by atoms with van der Waals surface area (Å²) in [5, 5.41) is 3.52. The molecule has 78 valence electrons. The second-order valence-corrected chi connectivity index (χ2v) is 3.60. The Morgan fingerprint density at radius 2 is 2.20 bits per heavy atom. The molecule has 2 nitrogen and oxygen atoms in total. The third-order valence-electron chi connectivity index (χ3n) is 2.08. The van der Waals surface area contributed by atoms with Crippen LogP contribution < -0.4 is 5.32 Å². The molecular weight excluding hydrogens is 215 g/mol. The number of anilines is 1. The van der Waals surface area contributed by atoms with Crippen molar-refractivity contribution in [1.82, 2.24) is 4.98 Å². The number of benzene rings is 1. The summed E-state index contributed by atoms with van der Waals surface area (Å²) in [6.07, 6.45) is 3.74. The Kier molecular flexibility index (Phi) is 2.92. The van der Waals surface area contributed by atoms with E-state index >= 15 is 0 Å². The Balaban J connectivity index is 2.05. The van der Waals surface area contributed by atoms with Crippen LogP contribution in [0.15, 0.2) is 36.7 Å². The van der Waals surface area contributed by atoms with Gasteiger partial charge in [-0.05, 0) is 29.8 Å². The monoisotopic (exact) mass is 224 g/mol. The summed E-state index contributed by atoms with van der Waals surface area (Å²) >= 11 is 5.86. The van der Waals surface area contributed by atoms with Gasteiger partial charge in [0.1, 0.15) is 5.82 Å². The van der Waals surface area contributed by atoms with Crippen LogP contribution in [0.5, 0.6) is 0 Å². The van der Waals surface area contributed by atoms with Crippen LogP contribution in [0.1, 0.15) is 5.56 Å². The average Bonchev–Trinajstić information content (AvgIpc) is 2.69. The van der Waals surface area contributed by atoms with E-state index in [4.69, 9.17) is 11.6 Å². The summed E-state index contributed by atoms with van der Waals surface area (Å²) < 4.78 is 12.7. The van der Waals surface area contributed by atoms with Crippen molar-refractivity contribution in [3.05, 3.63) is 53.1 Å². The van der Waals surface area contributed by atoms with Crippen LogP contribution in [0.3, 0.4) is 0 Å². The molecule has 4 heteroatoms. The molecule has 0 bridgehead atoms. The number of halogens is 2. The summed E-state index contributed by atoms with van der Waals surface area (Å²) in [4.78, 5) is 2.96. The van der Waals surface area contributed by atoms with E-state index in [9.17, 15) is 4.39 Å². The maximum atomic E-state index is 12.7. The quantitative estimate of drug-likeness (QED) is 0.822. The van der Waals surface area contributed by atoms with Gasteiger partial charge in [-0.1, -0.05) is 11.6 Å². The van der Waals surface area contributed by atoms with Gasteiger partial charge in [0.25, 0.3) is 0 Å². The van der Waals surface area contributed by atoms with Gasteiger partial charge >= 0.3 is 0 Å². The van der Waals surface area contributed by atoms with E-state index in [0.717, 1.165) is 11.3 Å². The summed E-state index contributed by atoms with van der Waals surface area (Å²) in [5.41, 5.74) is 1.86. The molecule has 0 saturated heterocycles. The molecule has 0 radical (unpaired) electrons. The van der Waals surface area contributed by atoms with Gasteiger partial charge in [-0.25, -0.2) is 4.39 Å². The van der Waals surface area contributed by atoms with E-state index in [0.29, 0.717) is 11.6 Å². The predicted molar refractivity (Wildman–Crippen MR) is 59.5 cm³/mol.